The Bertz CT molecular complexity index is 1010. The molecule has 0 saturated heterocycles. The summed E-state index contributed by atoms with van der Waals surface area (Å²) >= 11 is 0. The number of aryl methyl sites for hydroxylation is 2. The summed E-state index contributed by atoms with van der Waals surface area (Å²) in [4.78, 5) is 37.5. The normalized spacial score (nSPS) is 10.7. The molecule has 0 fully saturated rings. The second kappa shape index (κ2) is 7.30. The van der Waals surface area contributed by atoms with Crippen LogP contribution in [0.25, 0.3) is 10.9 Å². The average molecular weight is 353 g/mol. The van der Waals surface area contributed by atoms with Gasteiger partial charge in [0.1, 0.15) is 6.54 Å². The smallest absolute Gasteiger partial charge is 0.316 e. The Kier molecular flexibility index (Phi) is 4.92. The number of anilines is 1. The lowest BCUT2D eigenvalue weighted by molar-refractivity contribution is -0.116. The molecule has 0 aliphatic heterocycles. The van der Waals surface area contributed by atoms with Gasteiger partial charge in [0.25, 0.3) is 5.56 Å². The highest BCUT2D eigenvalue weighted by molar-refractivity contribution is 5.91. The minimum absolute atomic E-state index is 0.150. The third kappa shape index (κ3) is 3.53. The summed E-state index contributed by atoms with van der Waals surface area (Å²) < 4.78 is 6.57. The number of carbonyl (C=O) groups excluding carboxylic acids is 1. The van der Waals surface area contributed by atoms with E-state index in [1.54, 1.807) is 32.0 Å². The molecule has 3 aromatic rings. The van der Waals surface area contributed by atoms with Crippen LogP contribution in [0.2, 0.25) is 0 Å². The monoisotopic (exact) mass is 353 g/mol. The van der Waals surface area contributed by atoms with Gasteiger partial charge in [0.05, 0.1) is 40.9 Å². The number of aromatic nitrogens is 4. The summed E-state index contributed by atoms with van der Waals surface area (Å²) in [5.74, 6) is -0.358. The number of carbonyl (C=O) groups is 1. The number of amides is 1. The first kappa shape index (κ1) is 17.5. The van der Waals surface area contributed by atoms with Gasteiger partial charge in [-0.05, 0) is 32.9 Å². The molecule has 0 spiro atoms. The number of rotatable bonds is 5. The van der Waals surface area contributed by atoms with E-state index in [2.05, 4.69) is 20.3 Å². The molecule has 1 amide bonds. The number of nitrogens with one attached hydrogen (secondary N) is 1. The highest BCUT2D eigenvalue weighted by atomic mass is 16.5. The van der Waals surface area contributed by atoms with Crippen molar-refractivity contribution in [2.75, 3.05) is 11.9 Å². The average Bonchev–Trinajstić information content (AvgIpc) is 2.61. The summed E-state index contributed by atoms with van der Waals surface area (Å²) in [5.41, 5.74) is 2.04. The second-order valence-corrected chi connectivity index (χ2v) is 5.73. The molecule has 8 nitrogen and oxygen atoms in total. The lowest BCUT2D eigenvalue weighted by Gasteiger charge is -2.12. The number of benzene rings is 1. The predicted molar refractivity (Wildman–Crippen MR) is 97.3 cm³/mol. The molecular formula is C18H19N5O3. The molecule has 8 heteroatoms. The van der Waals surface area contributed by atoms with Gasteiger partial charge in [-0.1, -0.05) is 12.1 Å². The number of hydrogen-bond donors (Lipinski definition) is 1. The standard InChI is InChI=1S/C18H19N5O3/c1-4-26-18-20-11(2)16(12(3)21-18)22-15(24)9-23-10-19-14-8-6-5-7-13(14)17(23)25/h5-8,10H,4,9H2,1-3H3,(H,22,24). The molecule has 0 aliphatic rings. The highest BCUT2D eigenvalue weighted by Crippen LogP contribution is 2.19. The van der Waals surface area contributed by atoms with E-state index in [0.717, 1.165) is 0 Å². The second-order valence-electron chi connectivity index (χ2n) is 5.73. The number of nitrogens with zero attached hydrogens (tertiary/aromatic N) is 4. The van der Waals surface area contributed by atoms with Gasteiger partial charge in [-0.3, -0.25) is 14.2 Å². The Morgan fingerprint density at radius 1 is 1.19 bits per heavy atom. The molecule has 0 unspecified atom stereocenters. The van der Waals surface area contributed by atoms with Crippen LogP contribution in [0, 0.1) is 13.8 Å². The third-order valence-electron chi connectivity index (χ3n) is 3.83. The van der Waals surface area contributed by atoms with Gasteiger partial charge in [0.15, 0.2) is 0 Å². The molecular weight excluding hydrogens is 334 g/mol. The molecule has 2 aromatic heterocycles. The van der Waals surface area contributed by atoms with E-state index in [9.17, 15) is 9.59 Å². The molecule has 0 aliphatic carbocycles. The van der Waals surface area contributed by atoms with Crippen LogP contribution in [0.4, 0.5) is 5.69 Å². The van der Waals surface area contributed by atoms with E-state index < -0.39 is 0 Å². The van der Waals surface area contributed by atoms with Crippen molar-refractivity contribution in [1.82, 2.24) is 19.5 Å². The lowest BCUT2D eigenvalue weighted by atomic mass is 10.2. The number of fused-ring (bicyclic) bond motifs is 1. The number of hydrogen-bond acceptors (Lipinski definition) is 6. The maximum atomic E-state index is 12.5. The maximum Gasteiger partial charge on any atom is 0.316 e. The molecule has 1 aromatic carbocycles. The fourth-order valence-electron chi connectivity index (χ4n) is 2.61. The van der Waals surface area contributed by atoms with Gasteiger partial charge in [0, 0.05) is 0 Å². The number of ether oxygens (including phenoxy) is 1. The lowest BCUT2D eigenvalue weighted by Crippen LogP contribution is -2.28. The summed E-state index contributed by atoms with van der Waals surface area (Å²) in [6, 6.07) is 7.29. The van der Waals surface area contributed by atoms with Crippen LogP contribution in [0.3, 0.4) is 0 Å². The molecule has 134 valence electrons. The predicted octanol–water partition coefficient (Wildman–Crippen LogP) is 1.84. The van der Waals surface area contributed by atoms with E-state index in [0.29, 0.717) is 34.6 Å². The van der Waals surface area contributed by atoms with Crippen molar-refractivity contribution in [2.45, 2.75) is 27.3 Å². The van der Waals surface area contributed by atoms with Crippen molar-refractivity contribution in [3.8, 4) is 6.01 Å². The highest BCUT2D eigenvalue weighted by Gasteiger charge is 2.14. The molecule has 0 bridgehead atoms. The first-order valence-corrected chi connectivity index (χ1v) is 8.21. The van der Waals surface area contributed by atoms with Gasteiger partial charge >= 0.3 is 6.01 Å². The molecule has 0 radical (unpaired) electrons. The Morgan fingerprint density at radius 3 is 2.58 bits per heavy atom. The SMILES string of the molecule is CCOc1nc(C)c(NC(=O)Cn2cnc3ccccc3c2=O)c(C)n1. The van der Waals surface area contributed by atoms with E-state index in [1.165, 1.54) is 10.9 Å². The van der Waals surface area contributed by atoms with Crippen molar-refractivity contribution < 1.29 is 9.53 Å². The zero-order valence-corrected chi connectivity index (χ0v) is 14.8. The van der Waals surface area contributed by atoms with Crippen molar-refractivity contribution >= 4 is 22.5 Å². The molecule has 0 atom stereocenters. The summed E-state index contributed by atoms with van der Waals surface area (Å²) in [5, 5.41) is 3.24. The fourth-order valence-corrected chi connectivity index (χ4v) is 2.61. The van der Waals surface area contributed by atoms with E-state index in [1.807, 2.05) is 13.0 Å². The van der Waals surface area contributed by atoms with Crippen molar-refractivity contribution in [3.05, 3.63) is 52.3 Å². The Morgan fingerprint density at radius 2 is 1.88 bits per heavy atom. The quantitative estimate of drug-likeness (QED) is 0.751. The van der Waals surface area contributed by atoms with Crippen LogP contribution in [-0.2, 0) is 11.3 Å². The van der Waals surface area contributed by atoms with E-state index >= 15 is 0 Å². The first-order chi connectivity index (χ1) is 12.5. The fraction of sp³-hybridized carbons (Fsp3) is 0.278. The van der Waals surface area contributed by atoms with Crippen LogP contribution in [0.15, 0.2) is 35.4 Å². The van der Waals surface area contributed by atoms with E-state index in [4.69, 9.17) is 4.74 Å². The zero-order valence-electron chi connectivity index (χ0n) is 14.8. The Labute approximate surface area is 149 Å². The minimum Gasteiger partial charge on any atom is -0.464 e. The van der Waals surface area contributed by atoms with Crippen LogP contribution in [-0.4, -0.2) is 32.0 Å². The Balaban J connectivity index is 1.82. The largest absolute Gasteiger partial charge is 0.464 e. The number of para-hydroxylation sites is 1. The summed E-state index contributed by atoms with van der Waals surface area (Å²) in [7, 11) is 0. The maximum absolute atomic E-state index is 12.5. The van der Waals surface area contributed by atoms with Crippen LogP contribution in [0.1, 0.15) is 18.3 Å². The molecule has 0 saturated carbocycles. The van der Waals surface area contributed by atoms with Gasteiger partial charge in [-0.2, -0.15) is 9.97 Å². The Hall–Kier alpha value is -3.29. The van der Waals surface area contributed by atoms with Crippen molar-refractivity contribution in [2.24, 2.45) is 0 Å². The molecule has 1 N–H and O–H groups in total. The van der Waals surface area contributed by atoms with Gasteiger partial charge in [-0.25, -0.2) is 4.98 Å². The van der Waals surface area contributed by atoms with Crippen LogP contribution in [0.5, 0.6) is 6.01 Å². The molecule has 3 rings (SSSR count). The van der Waals surface area contributed by atoms with E-state index in [-0.39, 0.29) is 24.0 Å². The van der Waals surface area contributed by atoms with Gasteiger partial charge in [0.2, 0.25) is 5.91 Å². The third-order valence-corrected chi connectivity index (χ3v) is 3.83. The first-order valence-electron chi connectivity index (χ1n) is 8.21. The van der Waals surface area contributed by atoms with Crippen LogP contribution >= 0.6 is 0 Å². The van der Waals surface area contributed by atoms with Crippen molar-refractivity contribution in [3.63, 3.8) is 0 Å². The molecule has 26 heavy (non-hydrogen) atoms. The zero-order chi connectivity index (χ0) is 18.7. The summed E-state index contributed by atoms with van der Waals surface area (Å²) in [6.45, 7) is 5.68. The minimum atomic E-state index is -0.358. The van der Waals surface area contributed by atoms with Crippen LogP contribution < -0.4 is 15.6 Å². The summed E-state index contributed by atoms with van der Waals surface area (Å²) in [6.07, 6.45) is 1.37. The molecule has 2 heterocycles. The van der Waals surface area contributed by atoms with Gasteiger partial charge < -0.3 is 10.1 Å². The topological polar surface area (TPSA) is 99.0 Å². The van der Waals surface area contributed by atoms with Gasteiger partial charge in [-0.15, -0.1) is 0 Å². The van der Waals surface area contributed by atoms with Crippen molar-refractivity contribution in [1.29, 1.82) is 0 Å².